The zero-order chi connectivity index (χ0) is 29.4. The number of fused-ring (bicyclic) bond motifs is 1. The van der Waals surface area contributed by atoms with Gasteiger partial charge in [0.1, 0.15) is 5.15 Å². The van der Waals surface area contributed by atoms with Crippen molar-refractivity contribution in [3.05, 3.63) is 52.1 Å². The molecule has 0 radical (unpaired) electrons. The Bertz CT molecular complexity index is 1530. The summed E-state index contributed by atoms with van der Waals surface area (Å²) in [5, 5.41) is 5.01. The number of amides is 1. The van der Waals surface area contributed by atoms with Gasteiger partial charge < -0.3 is 14.6 Å². The highest BCUT2D eigenvalue weighted by atomic mass is 35.5. The topological polar surface area (TPSA) is 89.4 Å². The second kappa shape index (κ2) is 12.3. The van der Waals surface area contributed by atoms with Crippen molar-refractivity contribution in [3.8, 4) is 11.3 Å². The summed E-state index contributed by atoms with van der Waals surface area (Å²) in [4.78, 5) is 13.8. The monoisotopic (exact) mass is 619 g/mol. The van der Waals surface area contributed by atoms with Crippen LogP contribution in [0.2, 0.25) is 10.2 Å². The maximum Gasteiger partial charge on any atom is 0.256 e. The normalized spacial score (nSPS) is 17.7. The van der Waals surface area contributed by atoms with E-state index in [1.54, 1.807) is 18.2 Å². The molecule has 1 aliphatic heterocycles. The van der Waals surface area contributed by atoms with Crippen LogP contribution >= 0.6 is 23.2 Å². The number of ether oxygens (including phenoxy) is 1. The van der Waals surface area contributed by atoms with Gasteiger partial charge in [0, 0.05) is 42.3 Å². The first-order chi connectivity index (χ1) is 19.5. The van der Waals surface area contributed by atoms with Crippen LogP contribution < -0.4 is 10.0 Å². The van der Waals surface area contributed by atoms with E-state index >= 15 is 0 Å². The number of rotatable bonds is 7. The molecule has 41 heavy (non-hydrogen) atoms. The molecule has 2 heterocycles. The number of sulfonamides is 1. The van der Waals surface area contributed by atoms with Gasteiger partial charge in [0.15, 0.2) is 0 Å². The highest BCUT2D eigenvalue weighted by Crippen LogP contribution is 2.43. The minimum atomic E-state index is -3.81. The summed E-state index contributed by atoms with van der Waals surface area (Å²) in [6.07, 6.45) is 7.21. The van der Waals surface area contributed by atoms with Gasteiger partial charge in [-0.1, -0.05) is 72.8 Å². The third-order valence-electron chi connectivity index (χ3n) is 7.96. The molecule has 2 aromatic carbocycles. The zero-order valence-corrected chi connectivity index (χ0v) is 26.3. The van der Waals surface area contributed by atoms with Crippen LogP contribution in [0, 0.1) is 5.92 Å². The Balaban J connectivity index is 1.65. The summed E-state index contributed by atoms with van der Waals surface area (Å²) in [5.74, 6) is 0.116. The summed E-state index contributed by atoms with van der Waals surface area (Å²) in [5.41, 5.74) is 1.00. The lowest BCUT2D eigenvalue weighted by Crippen LogP contribution is -2.40. The molecule has 1 amide bonds. The van der Waals surface area contributed by atoms with Gasteiger partial charge in [-0.3, -0.25) is 4.79 Å². The molecule has 1 saturated heterocycles. The Morgan fingerprint density at radius 2 is 1.63 bits per heavy atom. The number of nitrogens with one attached hydrogen (secondary N) is 2. The van der Waals surface area contributed by atoms with Gasteiger partial charge in [0.2, 0.25) is 10.0 Å². The minimum Gasteiger partial charge on any atom is -0.381 e. The molecular weight excluding hydrogens is 581 g/mol. The van der Waals surface area contributed by atoms with Crippen molar-refractivity contribution in [2.45, 2.75) is 88.7 Å². The molecule has 0 spiro atoms. The molecule has 10 heteroatoms. The van der Waals surface area contributed by atoms with Crippen LogP contribution in [0.3, 0.4) is 0 Å². The van der Waals surface area contributed by atoms with Crippen molar-refractivity contribution in [3.63, 3.8) is 0 Å². The van der Waals surface area contributed by atoms with E-state index in [9.17, 15) is 13.2 Å². The minimum absolute atomic E-state index is 0.00540. The maximum atomic E-state index is 13.6. The van der Waals surface area contributed by atoms with Gasteiger partial charge in [0.05, 0.1) is 21.2 Å². The van der Waals surface area contributed by atoms with E-state index in [1.807, 2.05) is 43.5 Å². The highest BCUT2D eigenvalue weighted by molar-refractivity contribution is 7.89. The summed E-state index contributed by atoms with van der Waals surface area (Å²) in [6, 6.07) is 10.8. The predicted molar refractivity (Wildman–Crippen MR) is 165 cm³/mol. The number of nitrogens with zero attached hydrogens (tertiary/aromatic N) is 1. The number of carbonyl (C=O) groups is 1. The summed E-state index contributed by atoms with van der Waals surface area (Å²) < 4.78 is 37.0. The van der Waals surface area contributed by atoms with E-state index < -0.39 is 15.6 Å². The van der Waals surface area contributed by atoms with Crippen molar-refractivity contribution < 1.29 is 17.9 Å². The number of halogens is 2. The average molecular weight is 621 g/mol. The third-order valence-corrected chi connectivity index (χ3v) is 10.5. The predicted octanol–water partition coefficient (Wildman–Crippen LogP) is 7.18. The average Bonchev–Trinajstić information content (AvgIpc) is 3.16. The first-order valence-corrected chi connectivity index (χ1v) is 16.7. The molecule has 2 aliphatic rings. The fourth-order valence-electron chi connectivity index (χ4n) is 6.09. The van der Waals surface area contributed by atoms with Gasteiger partial charge in [-0.15, -0.1) is 0 Å². The number of hydrogen-bond donors (Lipinski definition) is 2. The van der Waals surface area contributed by atoms with E-state index in [4.69, 9.17) is 27.9 Å². The molecule has 0 unspecified atom stereocenters. The van der Waals surface area contributed by atoms with Gasteiger partial charge >= 0.3 is 0 Å². The molecule has 5 rings (SSSR count). The number of carbonyl (C=O) groups excluding carboxylic acids is 1. The molecule has 0 bridgehead atoms. The first-order valence-electron chi connectivity index (χ1n) is 14.5. The summed E-state index contributed by atoms with van der Waals surface area (Å²) >= 11 is 14.1. The zero-order valence-electron chi connectivity index (χ0n) is 23.9. The molecule has 1 saturated carbocycles. The summed E-state index contributed by atoms with van der Waals surface area (Å²) in [6.45, 7) is 7.28. The lowest BCUT2D eigenvalue weighted by Gasteiger charge is -2.24. The number of benzene rings is 2. The van der Waals surface area contributed by atoms with Gasteiger partial charge in [-0.25, -0.2) is 13.1 Å². The van der Waals surface area contributed by atoms with Crippen LogP contribution in [-0.4, -0.2) is 43.7 Å². The maximum absolute atomic E-state index is 13.6. The van der Waals surface area contributed by atoms with E-state index in [2.05, 4.69) is 10.0 Å². The molecule has 222 valence electrons. The van der Waals surface area contributed by atoms with Crippen LogP contribution in [0.5, 0.6) is 0 Å². The van der Waals surface area contributed by atoms with Crippen molar-refractivity contribution >= 4 is 49.9 Å². The lowest BCUT2D eigenvalue weighted by molar-refractivity contribution is 0.0696. The van der Waals surface area contributed by atoms with E-state index in [0.717, 1.165) is 36.6 Å². The molecule has 1 aromatic heterocycles. The first kappa shape index (κ1) is 30.4. The Hall–Kier alpha value is -2.10. The lowest BCUT2D eigenvalue weighted by atomic mass is 9.89. The SMILES string of the molecule is CC(C)(C)NS(=O)(=O)c1ccc(-c2c(Cl)c(C(=O)NC3CCOCC3)c(Cl)n2CC2CCCCC2)c2ccccc12. The number of hydrogen-bond acceptors (Lipinski definition) is 4. The molecule has 0 atom stereocenters. The van der Waals surface area contributed by atoms with Gasteiger partial charge in [0.25, 0.3) is 5.91 Å². The van der Waals surface area contributed by atoms with Crippen LogP contribution in [0.1, 0.15) is 76.1 Å². The van der Waals surface area contributed by atoms with Crippen LogP contribution in [0.25, 0.3) is 22.0 Å². The molecule has 1 aliphatic carbocycles. The smallest absolute Gasteiger partial charge is 0.256 e. The standard InChI is InChI=1S/C31H39Cl2N3O4S/c1-31(2,3)35-41(38,39)25-14-13-24(22-11-7-8-12-23(22)25)28-27(32)26(30(37)34-21-15-17-40-18-16-21)29(33)36(28)19-20-9-5-4-6-10-20/h7-8,11-14,20-21,35H,4-6,9-10,15-19H2,1-3H3,(H,34,37). The second-order valence-corrected chi connectivity index (χ2v) is 14.7. The molecule has 7 nitrogen and oxygen atoms in total. The Morgan fingerprint density at radius 3 is 2.29 bits per heavy atom. The second-order valence-electron chi connectivity index (χ2n) is 12.3. The Kier molecular flexibility index (Phi) is 9.07. The van der Waals surface area contributed by atoms with Crippen LogP contribution in [-0.2, 0) is 21.3 Å². The molecule has 2 N–H and O–H groups in total. The van der Waals surface area contributed by atoms with Gasteiger partial charge in [-0.05, 0) is 63.8 Å². The fourth-order valence-corrected chi connectivity index (χ4v) is 8.48. The van der Waals surface area contributed by atoms with Crippen molar-refractivity contribution in [2.75, 3.05) is 13.2 Å². The number of aromatic nitrogens is 1. The Morgan fingerprint density at radius 1 is 0.976 bits per heavy atom. The fraction of sp³-hybridized carbons (Fsp3) is 0.516. The van der Waals surface area contributed by atoms with E-state index in [1.165, 1.54) is 19.3 Å². The molecule has 3 aromatic rings. The molecular formula is C31H39Cl2N3O4S. The quantitative estimate of drug-likeness (QED) is 0.293. The van der Waals surface area contributed by atoms with Gasteiger partial charge in [-0.2, -0.15) is 0 Å². The Labute approximate surface area is 253 Å². The van der Waals surface area contributed by atoms with Crippen LogP contribution in [0.15, 0.2) is 41.3 Å². The van der Waals surface area contributed by atoms with Crippen LogP contribution in [0.4, 0.5) is 0 Å². The molecule has 2 fully saturated rings. The largest absolute Gasteiger partial charge is 0.381 e. The third kappa shape index (κ3) is 6.62. The van der Waals surface area contributed by atoms with Crippen molar-refractivity contribution in [1.82, 2.24) is 14.6 Å². The van der Waals surface area contributed by atoms with E-state index in [-0.39, 0.29) is 27.4 Å². The van der Waals surface area contributed by atoms with E-state index in [0.29, 0.717) is 41.9 Å². The van der Waals surface area contributed by atoms with Crippen molar-refractivity contribution in [1.29, 1.82) is 0 Å². The van der Waals surface area contributed by atoms with Crippen molar-refractivity contribution in [2.24, 2.45) is 5.92 Å². The summed E-state index contributed by atoms with van der Waals surface area (Å²) in [7, 11) is -3.81. The highest BCUT2D eigenvalue weighted by Gasteiger charge is 2.31.